The molecule has 0 saturated carbocycles. The summed E-state index contributed by atoms with van der Waals surface area (Å²) in [5, 5.41) is 22.7. The lowest BCUT2D eigenvalue weighted by Crippen LogP contribution is -2.22. The Labute approximate surface area is 194 Å². The Morgan fingerprint density at radius 3 is 2.32 bits per heavy atom. The van der Waals surface area contributed by atoms with Gasteiger partial charge in [-0.1, -0.05) is 18.2 Å². The van der Waals surface area contributed by atoms with Gasteiger partial charge in [0.05, 0.1) is 18.6 Å². The van der Waals surface area contributed by atoms with Gasteiger partial charge in [-0.25, -0.2) is 0 Å². The summed E-state index contributed by atoms with van der Waals surface area (Å²) < 4.78 is 37.7. The van der Waals surface area contributed by atoms with Crippen LogP contribution in [-0.4, -0.2) is 52.6 Å². The second-order valence-corrected chi connectivity index (χ2v) is 8.40. The highest BCUT2D eigenvalue weighted by atomic mass is 19.4. The van der Waals surface area contributed by atoms with Crippen LogP contribution in [0.5, 0.6) is 0 Å². The van der Waals surface area contributed by atoms with Crippen LogP contribution in [0.15, 0.2) is 60.8 Å². The average molecular weight is 471 g/mol. The van der Waals surface area contributed by atoms with Gasteiger partial charge in [-0.05, 0) is 48.9 Å². The summed E-state index contributed by atoms with van der Waals surface area (Å²) in [6.07, 6.45) is -5.37. The van der Waals surface area contributed by atoms with E-state index in [1.165, 1.54) is 24.3 Å². The fourth-order valence-corrected chi connectivity index (χ4v) is 3.92. The smallest absolute Gasteiger partial charge is 0.389 e. The molecule has 4 rings (SSSR count). The van der Waals surface area contributed by atoms with E-state index >= 15 is 0 Å². The van der Waals surface area contributed by atoms with Crippen LogP contribution >= 0.6 is 0 Å². The predicted molar refractivity (Wildman–Crippen MR) is 123 cm³/mol. The Morgan fingerprint density at radius 2 is 1.74 bits per heavy atom. The maximum Gasteiger partial charge on any atom is 0.393 e. The fraction of sp³-hybridized carbons (Fsp3) is 0.280. The number of nitrogens with one attached hydrogen (secondary N) is 1. The minimum atomic E-state index is -4.30. The highest BCUT2D eigenvalue weighted by Gasteiger charge is 2.31. The first-order chi connectivity index (χ1) is 16.1. The summed E-state index contributed by atoms with van der Waals surface area (Å²) in [4.78, 5) is 19.1. The van der Waals surface area contributed by atoms with Crippen molar-refractivity contribution < 1.29 is 28.2 Å². The number of hydrogen-bond acceptors (Lipinski definition) is 5. The molecule has 9 heteroatoms. The van der Waals surface area contributed by atoms with Crippen molar-refractivity contribution in [3.05, 3.63) is 77.6 Å². The number of nitrogens with zero attached hydrogens (tertiary/aromatic N) is 2. The van der Waals surface area contributed by atoms with Crippen molar-refractivity contribution in [3.8, 4) is 11.1 Å². The van der Waals surface area contributed by atoms with Gasteiger partial charge in [0.25, 0.3) is 5.91 Å². The normalized spacial score (nSPS) is 18.2. The van der Waals surface area contributed by atoms with Gasteiger partial charge in [-0.15, -0.1) is 0 Å². The molecule has 1 saturated heterocycles. The lowest BCUT2D eigenvalue weighted by Gasteiger charge is -2.22. The molecule has 1 amide bonds. The predicted octanol–water partition coefficient (Wildman–Crippen LogP) is 3.96. The number of aliphatic hydroxyl groups is 2. The highest BCUT2D eigenvalue weighted by Crippen LogP contribution is 2.34. The van der Waals surface area contributed by atoms with Crippen molar-refractivity contribution in [1.29, 1.82) is 0 Å². The number of rotatable bonds is 5. The third-order valence-electron chi connectivity index (χ3n) is 5.70. The Balaban J connectivity index is 1.60. The van der Waals surface area contributed by atoms with Gasteiger partial charge in [0.1, 0.15) is 0 Å². The largest absolute Gasteiger partial charge is 0.393 e. The monoisotopic (exact) mass is 471 g/mol. The summed E-state index contributed by atoms with van der Waals surface area (Å²) >= 11 is 0. The molecule has 178 valence electrons. The number of benzene rings is 2. The number of anilines is 2. The van der Waals surface area contributed by atoms with E-state index in [0.717, 1.165) is 16.9 Å². The van der Waals surface area contributed by atoms with E-state index in [2.05, 4.69) is 10.3 Å². The number of aliphatic hydroxyl groups excluding tert-OH is 2. The molecule has 1 aromatic heterocycles. The van der Waals surface area contributed by atoms with E-state index in [-0.39, 0.29) is 18.7 Å². The number of carbonyl (C=O) groups excluding carboxylic acids is 1. The zero-order valence-corrected chi connectivity index (χ0v) is 18.4. The van der Waals surface area contributed by atoms with Crippen molar-refractivity contribution in [2.45, 2.75) is 31.7 Å². The van der Waals surface area contributed by atoms with Crippen LogP contribution in [0.3, 0.4) is 0 Å². The summed E-state index contributed by atoms with van der Waals surface area (Å²) in [6.45, 7) is 2.37. The Hall–Kier alpha value is -3.43. The number of hydrogen-bond donors (Lipinski definition) is 3. The maximum absolute atomic E-state index is 12.9. The van der Waals surface area contributed by atoms with Crippen LogP contribution in [-0.2, 0) is 6.42 Å². The second-order valence-electron chi connectivity index (χ2n) is 8.40. The number of aryl methyl sites for hydroxylation is 1. The van der Waals surface area contributed by atoms with Crippen molar-refractivity contribution in [2.24, 2.45) is 0 Å². The zero-order chi connectivity index (χ0) is 24.5. The molecule has 0 spiro atoms. The van der Waals surface area contributed by atoms with Crippen LogP contribution in [0.2, 0.25) is 0 Å². The fourth-order valence-electron chi connectivity index (χ4n) is 3.92. The van der Waals surface area contributed by atoms with Crippen molar-refractivity contribution in [2.75, 3.05) is 23.3 Å². The number of amides is 1. The van der Waals surface area contributed by atoms with Gasteiger partial charge in [-0.2, -0.15) is 13.2 Å². The van der Waals surface area contributed by atoms with Crippen LogP contribution in [0.25, 0.3) is 11.1 Å². The molecular weight excluding hydrogens is 447 g/mol. The molecule has 34 heavy (non-hydrogen) atoms. The number of carbonyl (C=O) groups is 1. The first kappa shape index (κ1) is 23.7. The third kappa shape index (κ3) is 5.55. The molecule has 2 atom stereocenters. The lowest BCUT2D eigenvalue weighted by atomic mass is 10.0. The van der Waals surface area contributed by atoms with E-state index < -0.39 is 30.7 Å². The summed E-state index contributed by atoms with van der Waals surface area (Å²) in [5.74, 6) is -0.419. The quantitative estimate of drug-likeness (QED) is 0.525. The van der Waals surface area contributed by atoms with Crippen LogP contribution in [0.4, 0.5) is 24.5 Å². The second kappa shape index (κ2) is 9.44. The molecular formula is C25H24F3N3O3. The zero-order valence-electron chi connectivity index (χ0n) is 18.4. The third-order valence-corrected chi connectivity index (χ3v) is 5.70. The summed E-state index contributed by atoms with van der Waals surface area (Å²) in [7, 11) is 0. The average Bonchev–Trinajstić information content (AvgIpc) is 3.12. The van der Waals surface area contributed by atoms with Crippen LogP contribution in [0, 0.1) is 6.92 Å². The van der Waals surface area contributed by atoms with E-state index in [4.69, 9.17) is 0 Å². The lowest BCUT2D eigenvalue weighted by molar-refractivity contribution is -0.127. The molecule has 1 fully saturated rings. The Morgan fingerprint density at radius 1 is 1.06 bits per heavy atom. The van der Waals surface area contributed by atoms with E-state index in [0.29, 0.717) is 16.8 Å². The molecule has 0 unspecified atom stereocenters. The van der Waals surface area contributed by atoms with Gasteiger partial charge in [0.2, 0.25) is 0 Å². The standard InChI is InChI=1S/C25H24F3N3O3/c1-15-2-5-18(12-29-15)20-10-17(6-9-21(20)31-13-22(32)23(33)14-31)24(34)30-19-7-3-16(4-8-19)11-25(26,27)28/h2-10,12,22-23,32-33H,11,13-14H2,1H3,(H,30,34)/t22-,23-/m0/s1. The first-order valence-corrected chi connectivity index (χ1v) is 10.7. The van der Waals surface area contributed by atoms with E-state index in [9.17, 15) is 28.2 Å². The molecule has 0 aliphatic carbocycles. The molecule has 2 aromatic carbocycles. The number of β-amino-alcohol motifs (C(OH)–C–C–N with tert-alkyl or cyclic N) is 2. The molecule has 2 heterocycles. The summed E-state index contributed by atoms with van der Waals surface area (Å²) in [6, 6.07) is 14.3. The van der Waals surface area contributed by atoms with Crippen LogP contribution < -0.4 is 10.2 Å². The van der Waals surface area contributed by atoms with Gasteiger partial charge in [0.15, 0.2) is 0 Å². The molecule has 3 aromatic rings. The topological polar surface area (TPSA) is 85.7 Å². The molecule has 1 aliphatic heterocycles. The Bertz CT molecular complexity index is 1150. The number of pyridine rings is 1. The number of aromatic nitrogens is 1. The molecule has 0 bridgehead atoms. The molecule has 3 N–H and O–H groups in total. The van der Waals surface area contributed by atoms with Crippen molar-refractivity contribution in [1.82, 2.24) is 4.98 Å². The molecule has 1 aliphatic rings. The SMILES string of the molecule is Cc1ccc(-c2cc(C(=O)Nc3ccc(CC(F)(F)F)cc3)ccc2N2C[C@H](O)[C@@H](O)C2)cn1. The van der Waals surface area contributed by atoms with Crippen molar-refractivity contribution >= 4 is 17.3 Å². The van der Waals surface area contributed by atoms with Crippen LogP contribution in [0.1, 0.15) is 21.6 Å². The maximum atomic E-state index is 12.9. The van der Waals surface area contributed by atoms with E-state index in [1.54, 1.807) is 24.4 Å². The number of alkyl halides is 3. The van der Waals surface area contributed by atoms with E-state index in [1.807, 2.05) is 24.0 Å². The summed E-state index contributed by atoms with van der Waals surface area (Å²) in [5.41, 5.74) is 3.89. The molecule has 6 nitrogen and oxygen atoms in total. The van der Waals surface area contributed by atoms with Gasteiger partial charge >= 0.3 is 6.18 Å². The minimum absolute atomic E-state index is 0.110. The first-order valence-electron chi connectivity index (χ1n) is 10.7. The number of halogens is 3. The minimum Gasteiger partial charge on any atom is -0.389 e. The highest BCUT2D eigenvalue weighted by molar-refractivity contribution is 6.05. The van der Waals surface area contributed by atoms with Gasteiger partial charge in [-0.3, -0.25) is 9.78 Å². The van der Waals surface area contributed by atoms with Gasteiger partial charge < -0.3 is 20.4 Å². The van der Waals surface area contributed by atoms with Crippen molar-refractivity contribution in [3.63, 3.8) is 0 Å². The Kier molecular flexibility index (Phi) is 6.58. The molecule has 0 radical (unpaired) electrons. The van der Waals surface area contributed by atoms with Gasteiger partial charge in [0, 0.05) is 53.0 Å².